The van der Waals surface area contributed by atoms with Crippen molar-refractivity contribution in [1.82, 2.24) is 0 Å². The third kappa shape index (κ3) is 1.35. The minimum absolute atomic E-state index is 0.196. The number of carboxylic acid groups (broad SMARTS) is 1. The van der Waals surface area contributed by atoms with Crippen molar-refractivity contribution in [3.63, 3.8) is 0 Å². The average molecular weight is 181 g/mol. The molecule has 0 aromatic heterocycles. The summed E-state index contributed by atoms with van der Waals surface area (Å²) in [6, 6.07) is 0. The zero-order valence-corrected chi connectivity index (χ0v) is 7.50. The van der Waals surface area contributed by atoms with Crippen molar-refractivity contribution in [2.24, 2.45) is 11.1 Å². The molecule has 0 bridgehead atoms. The molecule has 0 atom stereocenters. The fourth-order valence-electron chi connectivity index (χ4n) is 1.46. The van der Waals surface area contributed by atoms with Gasteiger partial charge in [0.25, 0.3) is 0 Å². The minimum atomic E-state index is -1.02. The van der Waals surface area contributed by atoms with E-state index in [-0.39, 0.29) is 5.57 Å². The predicted octanol–water partition coefficient (Wildman–Crippen LogP) is 0.449. The summed E-state index contributed by atoms with van der Waals surface area (Å²) in [6.45, 7) is 3.33. The maximum absolute atomic E-state index is 10.9. The van der Waals surface area contributed by atoms with Gasteiger partial charge in [0, 0.05) is 16.6 Å². The lowest BCUT2D eigenvalue weighted by molar-refractivity contribution is -0.133. The number of carbonyl (C=O) groups excluding carboxylic acids is 1. The zero-order valence-electron chi connectivity index (χ0n) is 7.50. The van der Waals surface area contributed by atoms with Crippen LogP contribution in [-0.2, 0) is 9.59 Å². The Bertz CT molecular complexity index is 305. The first-order valence-corrected chi connectivity index (χ1v) is 3.83. The highest BCUT2D eigenvalue weighted by molar-refractivity contribution is 6.01. The Morgan fingerprint density at radius 3 is 2.00 bits per heavy atom. The first-order chi connectivity index (χ1) is 5.87. The molecule has 0 aromatic rings. The van der Waals surface area contributed by atoms with Crippen molar-refractivity contribution in [3.8, 4) is 0 Å². The van der Waals surface area contributed by atoms with Gasteiger partial charge in [0.2, 0.25) is 5.91 Å². The molecule has 0 aromatic carbocycles. The number of primary amides is 1. The number of carbonyl (C=O) groups is 2. The summed E-state index contributed by atoms with van der Waals surface area (Å²) >= 11 is 0. The molecule has 0 fully saturated rings. The van der Waals surface area contributed by atoms with Crippen LogP contribution in [0.25, 0.3) is 0 Å². The van der Waals surface area contributed by atoms with Crippen LogP contribution >= 0.6 is 0 Å². The Kier molecular flexibility index (Phi) is 1.99. The van der Waals surface area contributed by atoms with Crippen molar-refractivity contribution >= 4 is 11.9 Å². The molecular weight excluding hydrogens is 170 g/mol. The van der Waals surface area contributed by atoms with Gasteiger partial charge in [-0.15, -0.1) is 0 Å². The van der Waals surface area contributed by atoms with E-state index >= 15 is 0 Å². The number of aliphatic carboxylic acids is 1. The van der Waals surface area contributed by atoms with Gasteiger partial charge >= 0.3 is 5.97 Å². The molecule has 0 unspecified atom stereocenters. The third-order valence-corrected chi connectivity index (χ3v) is 2.26. The number of hydrogen-bond donors (Lipinski definition) is 2. The van der Waals surface area contributed by atoms with E-state index in [2.05, 4.69) is 0 Å². The number of hydrogen-bond acceptors (Lipinski definition) is 2. The number of amides is 1. The van der Waals surface area contributed by atoms with Gasteiger partial charge in [-0.25, -0.2) is 4.79 Å². The molecule has 13 heavy (non-hydrogen) atoms. The van der Waals surface area contributed by atoms with Gasteiger partial charge in [-0.2, -0.15) is 0 Å². The van der Waals surface area contributed by atoms with E-state index in [1.807, 2.05) is 0 Å². The lowest BCUT2D eigenvalue weighted by Gasteiger charge is -2.22. The summed E-state index contributed by atoms with van der Waals surface area (Å²) < 4.78 is 0. The maximum Gasteiger partial charge on any atom is 0.332 e. The average Bonchev–Trinajstić information content (AvgIpc) is 2.24. The van der Waals surface area contributed by atoms with Crippen LogP contribution in [-0.4, -0.2) is 17.0 Å². The van der Waals surface area contributed by atoms with Crippen molar-refractivity contribution in [2.45, 2.75) is 13.8 Å². The lowest BCUT2D eigenvalue weighted by atomic mass is 9.80. The van der Waals surface area contributed by atoms with Gasteiger partial charge in [0.1, 0.15) is 0 Å². The van der Waals surface area contributed by atoms with Gasteiger partial charge in [-0.05, 0) is 0 Å². The Morgan fingerprint density at radius 1 is 1.31 bits per heavy atom. The fraction of sp³-hybridized carbons (Fsp3) is 0.333. The molecular formula is C9H11NO3. The number of carboxylic acids is 1. The predicted molar refractivity (Wildman–Crippen MR) is 46.8 cm³/mol. The maximum atomic E-state index is 10.9. The molecule has 4 nitrogen and oxygen atoms in total. The first-order valence-electron chi connectivity index (χ1n) is 3.83. The topological polar surface area (TPSA) is 80.4 Å². The normalized spacial score (nSPS) is 19.2. The van der Waals surface area contributed by atoms with Crippen LogP contribution in [0.3, 0.4) is 0 Å². The van der Waals surface area contributed by atoms with E-state index in [0.717, 1.165) is 0 Å². The smallest absolute Gasteiger partial charge is 0.332 e. The van der Waals surface area contributed by atoms with Crippen molar-refractivity contribution in [3.05, 3.63) is 23.3 Å². The van der Waals surface area contributed by atoms with Crippen LogP contribution in [0.15, 0.2) is 23.3 Å². The molecule has 0 aliphatic heterocycles. The molecule has 3 N–H and O–H groups in total. The van der Waals surface area contributed by atoms with Gasteiger partial charge < -0.3 is 10.8 Å². The van der Waals surface area contributed by atoms with Crippen LogP contribution < -0.4 is 5.73 Å². The SMILES string of the molecule is CC1(C)C(C(N)=O)=CC=C1C(=O)O. The van der Waals surface area contributed by atoms with Gasteiger partial charge in [0.05, 0.1) is 0 Å². The second kappa shape index (κ2) is 2.73. The number of rotatable bonds is 2. The highest BCUT2D eigenvalue weighted by Gasteiger charge is 2.37. The van der Waals surface area contributed by atoms with Crippen molar-refractivity contribution in [1.29, 1.82) is 0 Å². The Hall–Kier alpha value is -1.58. The first kappa shape index (κ1) is 9.51. The Morgan fingerprint density at radius 2 is 1.77 bits per heavy atom. The summed E-state index contributed by atoms with van der Waals surface area (Å²) in [5.41, 5.74) is 4.86. The Balaban J connectivity index is 3.07. The van der Waals surface area contributed by atoms with Crippen molar-refractivity contribution < 1.29 is 14.7 Å². The zero-order chi connectivity index (χ0) is 10.2. The summed E-state index contributed by atoms with van der Waals surface area (Å²) in [5.74, 6) is -1.59. The Labute approximate surface area is 75.7 Å². The van der Waals surface area contributed by atoms with Crippen molar-refractivity contribution in [2.75, 3.05) is 0 Å². The van der Waals surface area contributed by atoms with Crippen LogP contribution in [0.5, 0.6) is 0 Å². The summed E-state index contributed by atoms with van der Waals surface area (Å²) in [6.07, 6.45) is 2.88. The number of nitrogens with two attached hydrogens (primary N) is 1. The highest BCUT2D eigenvalue weighted by atomic mass is 16.4. The van der Waals surface area contributed by atoms with Gasteiger partial charge in [0.15, 0.2) is 0 Å². The van der Waals surface area contributed by atoms with Gasteiger partial charge in [-0.1, -0.05) is 26.0 Å². The molecule has 1 rings (SSSR count). The van der Waals surface area contributed by atoms with E-state index < -0.39 is 17.3 Å². The van der Waals surface area contributed by atoms with E-state index in [9.17, 15) is 9.59 Å². The molecule has 0 saturated heterocycles. The third-order valence-electron chi connectivity index (χ3n) is 2.26. The summed E-state index contributed by atoms with van der Waals surface area (Å²) in [7, 11) is 0. The second-order valence-electron chi connectivity index (χ2n) is 3.46. The second-order valence-corrected chi connectivity index (χ2v) is 3.46. The van der Waals surface area contributed by atoms with E-state index in [1.165, 1.54) is 12.2 Å². The molecule has 1 aliphatic rings. The van der Waals surface area contributed by atoms with Crippen LogP contribution in [0.4, 0.5) is 0 Å². The minimum Gasteiger partial charge on any atom is -0.478 e. The molecule has 0 radical (unpaired) electrons. The van der Waals surface area contributed by atoms with Gasteiger partial charge in [-0.3, -0.25) is 4.79 Å². The summed E-state index contributed by atoms with van der Waals surface area (Å²) in [5, 5.41) is 8.79. The molecule has 70 valence electrons. The molecule has 0 spiro atoms. The molecule has 1 aliphatic carbocycles. The summed E-state index contributed by atoms with van der Waals surface area (Å²) in [4.78, 5) is 21.6. The number of allylic oxidation sites excluding steroid dienone is 2. The van der Waals surface area contributed by atoms with E-state index in [1.54, 1.807) is 13.8 Å². The quantitative estimate of drug-likeness (QED) is 0.649. The van der Waals surface area contributed by atoms with E-state index in [0.29, 0.717) is 5.57 Å². The van der Waals surface area contributed by atoms with E-state index in [4.69, 9.17) is 10.8 Å². The van der Waals surface area contributed by atoms with Crippen LogP contribution in [0, 0.1) is 5.41 Å². The highest BCUT2D eigenvalue weighted by Crippen LogP contribution is 2.39. The van der Waals surface area contributed by atoms with Crippen LogP contribution in [0.1, 0.15) is 13.8 Å². The molecule has 4 heteroatoms. The fourth-order valence-corrected chi connectivity index (χ4v) is 1.46. The molecule has 1 amide bonds. The van der Waals surface area contributed by atoms with Crippen LogP contribution in [0.2, 0.25) is 0 Å². The standard InChI is InChI=1S/C9H11NO3/c1-9(2)5(7(10)11)3-4-6(9)8(12)13/h3-4H,1-2H3,(H2,10,11)(H,12,13). The molecule has 0 saturated carbocycles. The lowest BCUT2D eigenvalue weighted by Crippen LogP contribution is -2.28. The largest absolute Gasteiger partial charge is 0.478 e. The molecule has 0 heterocycles. The monoisotopic (exact) mass is 181 g/mol.